The minimum Gasteiger partial charge on any atom is -0.323 e. The van der Waals surface area contributed by atoms with Crippen molar-refractivity contribution in [2.75, 3.05) is 18.4 Å². The molecular weight excluding hydrogens is 272 g/mol. The van der Waals surface area contributed by atoms with Gasteiger partial charge in [-0.25, -0.2) is 0 Å². The number of nitrogens with one attached hydrogen (secondary N) is 1. The van der Waals surface area contributed by atoms with Crippen molar-refractivity contribution in [2.24, 2.45) is 0 Å². The van der Waals surface area contributed by atoms with Gasteiger partial charge in [0.2, 0.25) is 5.91 Å². The van der Waals surface area contributed by atoms with Crippen LogP contribution < -0.4 is 5.32 Å². The number of hydrogen-bond acceptors (Lipinski definition) is 2. The van der Waals surface area contributed by atoms with Crippen LogP contribution in [0.15, 0.2) is 18.2 Å². The van der Waals surface area contributed by atoms with Crippen LogP contribution in [0.2, 0.25) is 5.02 Å². The average molecular weight is 295 g/mol. The molecule has 1 heterocycles. The predicted molar refractivity (Wildman–Crippen MR) is 84.3 cm³/mol. The Balaban J connectivity index is 2.11. The minimum atomic E-state index is -0.0295. The van der Waals surface area contributed by atoms with Crippen LogP contribution in [0.25, 0.3) is 0 Å². The van der Waals surface area contributed by atoms with E-state index in [0.717, 1.165) is 37.2 Å². The number of amides is 1. The number of halogens is 1. The summed E-state index contributed by atoms with van der Waals surface area (Å²) in [6.07, 6.45) is 4.29. The van der Waals surface area contributed by atoms with Crippen molar-refractivity contribution in [3.8, 4) is 0 Å². The van der Waals surface area contributed by atoms with Gasteiger partial charge in [0.05, 0.1) is 16.8 Å². The fourth-order valence-electron chi connectivity index (χ4n) is 2.80. The van der Waals surface area contributed by atoms with Crippen molar-refractivity contribution in [3.63, 3.8) is 0 Å². The molecule has 1 amide bonds. The van der Waals surface area contributed by atoms with E-state index in [0.29, 0.717) is 5.02 Å². The van der Waals surface area contributed by atoms with Crippen molar-refractivity contribution in [1.29, 1.82) is 0 Å². The number of likely N-dealkylation sites (tertiary alicyclic amines) is 1. The van der Waals surface area contributed by atoms with Crippen LogP contribution in [0.4, 0.5) is 5.69 Å². The third kappa shape index (κ3) is 3.53. The van der Waals surface area contributed by atoms with Crippen LogP contribution in [0.5, 0.6) is 0 Å². The lowest BCUT2D eigenvalue weighted by Gasteiger charge is -2.26. The van der Waals surface area contributed by atoms with Crippen molar-refractivity contribution in [3.05, 3.63) is 28.8 Å². The summed E-state index contributed by atoms with van der Waals surface area (Å²) in [7, 11) is 0. The van der Waals surface area contributed by atoms with Gasteiger partial charge in [-0.3, -0.25) is 9.69 Å². The molecule has 1 fully saturated rings. The summed E-state index contributed by atoms with van der Waals surface area (Å²) in [5, 5.41) is 3.63. The molecule has 110 valence electrons. The van der Waals surface area contributed by atoms with Crippen LogP contribution in [0.3, 0.4) is 0 Å². The molecule has 1 atom stereocenters. The Labute approximate surface area is 126 Å². The van der Waals surface area contributed by atoms with E-state index in [1.807, 2.05) is 25.1 Å². The zero-order valence-electron chi connectivity index (χ0n) is 12.3. The lowest BCUT2D eigenvalue weighted by molar-refractivity contribution is -0.121. The van der Waals surface area contributed by atoms with E-state index in [9.17, 15) is 4.79 Å². The molecule has 1 aromatic rings. The zero-order valence-corrected chi connectivity index (χ0v) is 13.0. The fourth-order valence-corrected chi connectivity index (χ4v) is 3.07. The molecule has 1 aliphatic heterocycles. The number of nitrogens with zero attached hydrogens (tertiary/aromatic N) is 1. The smallest absolute Gasteiger partial charge is 0.241 e. The SMILES string of the molecule is CCCC(C(=O)Nc1c(C)cccc1Cl)N1CCCC1. The summed E-state index contributed by atoms with van der Waals surface area (Å²) in [6, 6.07) is 5.65. The standard InChI is InChI=1S/C16H23ClN2O/c1-3-7-14(19-10-4-5-11-19)16(20)18-15-12(2)8-6-9-13(15)17/h6,8-9,14H,3-5,7,10-11H2,1-2H3,(H,18,20). The molecule has 2 rings (SSSR count). The third-order valence-corrected chi connectivity index (χ3v) is 4.23. The van der Waals surface area contributed by atoms with Gasteiger partial charge in [0.1, 0.15) is 0 Å². The van der Waals surface area contributed by atoms with Crippen LogP contribution in [0, 0.1) is 6.92 Å². The van der Waals surface area contributed by atoms with Crippen molar-refractivity contribution < 1.29 is 4.79 Å². The topological polar surface area (TPSA) is 32.3 Å². The molecule has 0 aromatic heterocycles. The Bertz CT molecular complexity index is 449. The summed E-state index contributed by atoms with van der Waals surface area (Å²) in [5.41, 5.74) is 1.75. The number of carbonyl (C=O) groups is 1. The molecule has 1 aromatic carbocycles. The number of anilines is 1. The monoisotopic (exact) mass is 294 g/mol. The van der Waals surface area contributed by atoms with E-state index in [4.69, 9.17) is 11.6 Å². The summed E-state index contributed by atoms with van der Waals surface area (Å²) < 4.78 is 0. The molecule has 1 N–H and O–H groups in total. The van der Waals surface area contributed by atoms with E-state index < -0.39 is 0 Å². The van der Waals surface area contributed by atoms with Crippen molar-refractivity contribution >= 4 is 23.2 Å². The maximum Gasteiger partial charge on any atom is 0.241 e. The van der Waals surface area contributed by atoms with Gasteiger partial charge in [0.25, 0.3) is 0 Å². The first-order chi connectivity index (χ1) is 9.63. The maximum absolute atomic E-state index is 12.6. The molecule has 1 unspecified atom stereocenters. The second-order valence-electron chi connectivity index (χ2n) is 5.47. The number of benzene rings is 1. The highest BCUT2D eigenvalue weighted by atomic mass is 35.5. The van der Waals surface area contributed by atoms with E-state index in [1.165, 1.54) is 12.8 Å². The summed E-state index contributed by atoms with van der Waals surface area (Å²) in [6.45, 7) is 6.14. The lowest BCUT2D eigenvalue weighted by Crippen LogP contribution is -2.42. The molecule has 0 radical (unpaired) electrons. The molecule has 1 aliphatic rings. The van der Waals surface area contributed by atoms with Gasteiger partial charge in [0, 0.05) is 0 Å². The largest absolute Gasteiger partial charge is 0.323 e. The highest BCUT2D eigenvalue weighted by molar-refractivity contribution is 6.34. The molecule has 3 nitrogen and oxygen atoms in total. The molecule has 4 heteroatoms. The van der Waals surface area contributed by atoms with E-state index in [1.54, 1.807) is 0 Å². The fraction of sp³-hybridized carbons (Fsp3) is 0.562. The Hall–Kier alpha value is -1.06. The van der Waals surface area contributed by atoms with Crippen molar-refractivity contribution in [1.82, 2.24) is 4.90 Å². The summed E-state index contributed by atoms with van der Waals surface area (Å²) in [4.78, 5) is 14.9. The second kappa shape index (κ2) is 7.09. The molecule has 1 saturated heterocycles. The first kappa shape index (κ1) is 15.3. The second-order valence-corrected chi connectivity index (χ2v) is 5.88. The molecule has 20 heavy (non-hydrogen) atoms. The Morgan fingerprint density at radius 1 is 1.40 bits per heavy atom. The van der Waals surface area contributed by atoms with Crippen LogP contribution in [-0.2, 0) is 4.79 Å². The van der Waals surface area contributed by atoms with Crippen LogP contribution >= 0.6 is 11.6 Å². The van der Waals surface area contributed by atoms with E-state index in [-0.39, 0.29) is 11.9 Å². The number of rotatable bonds is 5. The molecule has 0 aliphatic carbocycles. The lowest BCUT2D eigenvalue weighted by atomic mass is 10.1. The predicted octanol–water partition coefficient (Wildman–Crippen LogP) is 3.85. The average Bonchev–Trinajstić information content (AvgIpc) is 2.94. The summed E-state index contributed by atoms with van der Waals surface area (Å²) >= 11 is 6.19. The Morgan fingerprint density at radius 3 is 2.70 bits per heavy atom. The van der Waals surface area contributed by atoms with Gasteiger partial charge in [-0.2, -0.15) is 0 Å². The van der Waals surface area contributed by atoms with Crippen LogP contribution in [0.1, 0.15) is 38.2 Å². The van der Waals surface area contributed by atoms with Gasteiger partial charge in [-0.1, -0.05) is 37.1 Å². The number of hydrogen-bond donors (Lipinski definition) is 1. The molecule has 0 saturated carbocycles. The highest BCUT2D eigenvalue weighted by Crippen LogP contribution is 2.26. The number of para-hydroxylation sites is 1. The summed E-state index contributed by atoms with van der Waals surface area (Å²) in [5.74, 6) is 0.0740. The van der Waals surface area contributed by atoms with Gasteiger partial charge >= 0.3 is 0 Å². The Kier molecular flexibility index (Phi) is 5.44. The normalized spacial score (nSPS) is 17.1. The molecule has 0 bridgehead atoms. The molecular formula is C16H23ClN2O. The van der Waals surface area contributed by atoms with E-state index >= 15 is 0 Å². The molecule has 0 spiro atoms. The number of aryl methyl sites for hydroxylation is 1. The zero-order chi connectivity index (χ0) is 14.5. The van der Waals surface area contributed by atoms with Crippen molar-refractivity contribution in [2.45, 2.75) is 45.6 Å². The third-order valence-electron chi connectivity index (χ3n) is 3.92. The van der Waals surface area contributed by atoms with Gasteiger partial charge in [-0.05, 0) is 50.9 Å². The van der Waals surface area contributed by atoms with E-state index in [2.05, 4.69) is 17.1 Å². The first-order valence-corrected chi connectivity index (χ1v) is 7.81. The quantitative estimate of drug-likeness (QED) is 0.894. The maximum atomic E-state index is 12.6. The highest BCUT2D eigenvalue weighted by Gasteiger charge is 2.27. The first-order valence-electron chi connectivity index (χ1n) is 7.43. The van der Waals surface area contributed by atoms with Gasteiger partial charge < -0.3 is 5.32 Å². The Morgan fingerprint density at radius 2 is 2.10 bits per heavy atom. The van der Waals surface area contributed by atoms with Gasteiger partial charge in [0.15, 0.2) is 0 Å². The van der Waals surface area contributed by atoms with Crippen LogP contribution in [-0.4, -0.2) is 29.9 Å². The van der Waals surface area contributed by atoms with Gasteiger partial charge in [-0.15, -0.1) is 0 Å². The number of carbonyl (C=O) groups excluding carboxylic acids is 1. The minimum absolute atomic E-state index is 0.0295.